The minimum absolute atomic E-state index is 0.0742. The topological polar surface area (TPSA) is 20.3 Å². The molecule has 1 unspecified atom stereocenters. The van der Waals surface area contributed by atoms with Crippen molar-refractivity contribution in [3.63, 3.8) is 0 Å². The molecule has 2 nitrogen and oxygen atoms in total. The van der Waals surface area contributed by atoms with Crippen LogP contribution in [-0.2, 0) is 0 Å². The van der Waals surface area contributed by atoms with E-state index in [0.29, 0.717) is 11.9 Å². The molecular formula is C12H12BrF2NO. The number of carbonyl (C=O) groups is 1. The van der Waals surface area contributed by atoms with Crippen molar-refractivity contribution in [2.45, 2.75) is 18.9 Å². The van der Waals surface area contributed by atoms with Crippen LogP contribution in [0.25, 0.3) is 0 Å². The van der Waals surface area contributed by atoms with Gasteiger partial charge in [-0.05, 0) is 25.0 Å². The molecule has 1 amide bonds. The predicted octanol–water partition coefficient (Wildman–Crippen LogP) is 2.96. The van der Waals surface area contributed by atoms with E-state index in [9.17, 15) is 13.6 Å². The highest BCUT2D eigenvalue weighted by Crippen LogP contribution is 2.23. The Balaban J connectivity index is 2.28. The highest BCUT2D eigenvalue weighted by atomic mass is 79.9. The quantitative estimate of drug-likeness (QED) is 0.769. The number of hydrogen-bond acceptors (Lipinski definition) is 1. The number of alkyl halides is 1. The van der Waals surface area contributed by atoms with Gasteiger partial charge in [0.25, 0.3) is 5.91 Å². The van der Waals surface area contributed by atoms with Crippen LogP contribution in [0.3, 0.4) is 0 Å². The number of carbonyl (C=O) groups excluding carboxylic acids is 1. The monoisotopic (exact) mass is 303 g/mol. The van der Waals surface area contributed by atoms with Crippen LogP contribution in [-0.4, -0.2) is 28.7 Å². The first kappa shape index (κ1) is 12.5. The molecule has 17 heavy (non-hydrogen) atoms. The van der Waals surface area contributed by atoms with Gasteiger partial charge in [0.2, 0.25) is 0 Å². The van der Waals surface area contributed by atoms with Crippen molar-refractivity contribution < 1.29 is 13.6 Å². The summed E-state index contributed by atoms with van der Waals surface area (Å²) in [5, 5.41) is 0.662. The average Bonchev–Trinajstić information content (AvgIpc) is 2.80. The van der Waals surface area contributed by atoms with E-state index in [1.54, 1.807) is 4.90 Å². The molecule has 1 fully saturated rings. The zero-order chi connectivity index (χ0) is 12.4. The molecule has 0 N–H and O–H groups in total. The van der Waals surface area contributed by atoms with Gasteiger partial charge in [0.05, 0.1) is 5.56 Å². The van der Waals surface area contributed by atoms with E-state index in [2.05, 4.69) is 15.9 Å². The lowest BCUT2D eigenvalue weighted by Crippen LogP contribution is -2.37. The maximum absolute atomic E-state index is 13.5. The standard InChI is InChI=1S/C12H12BrF2NO/c13-7-8-3-2-6-16(8)12(17)9-4-1-5-10(14)11(9)15/h1,4-5,8H,2-3,6-7H2. The molecule has 0 aliphatic carbocycles. The Morgan fingerprint density at radius 3 is 2.94 bits per heavy atom. The summed E-state index contributed by atoms with van der Waals surface area (Å²) in [7, 11) is 0. The number of benzene rings is 1. The molecule has 1 saturated heterocycles. The third-order valence-corrected chi connectivity index (χ3v) is 3.75. The maximum Gasteiger partial charge on any atom is 0.257 e. The van der Waals surface area contributed by atoms with Crippen LogP contribution in [0, 0.1) is 11.6 Å². The Hall–Kier alpha value is -0.970. The molecule has 0 aromatic heterocycles. The first-order valence-electron chi connectivity index (χ1n) is 5.46. The third kappa shape index (κ3) is 2.34. The molecule has 0 spiro atoms. The van der Waals surface area contributed by atoms with Gasteiger partial charge in [-0.1, -0.05) is 22.0 Å². The van der Waals surface area contributed by atoms with Gasteiger partial charge < -0.3 is 4.90 Å². The van der Waals surface area contributed by atoms with Gasteiger partial charge in [-0.25, -0.2) is 8.78 Å². The number of likely N-dealkylation sites (tertiary alicyclic amines) is 1. The van der Waals surface area contributed by atoms with E-state index in [-0.39, 0.29) is 11.6 Å². The van der Waals surface area contributed by atoms with Crippen molar-refractivity contribution in [1.29, 1.82) is 0 Å². The Morgan fingerprint density at radius 1 is 1.47 bits per heavy atom. The van der Waals surface area contributed by atoms with Gasteiger partial charge in [-0.2, -0.15) is 0 Å². The first-order valence-corrected chi connectivity index (χ1v) is 6.58. The van der Waals surface area contributed by atoms with Gasteiger partial charge in [-0.15, -0.1) is 0 Å². The fourth-order valence-corrected chi connectivity index (χ4v) is 2.76. The van der Waals surface area contributed by atoms with Crippen molar-refractivity contribution in [1.82, 2.24) is 4.90 Å². The van der Waals surface area contributed by atoms with Crippen LogP contribution >= 0.6 is 15.9 Å². The molecule has 1 aromatic carbocycles. The van der Waals surface area contributed by atoms with Crippen LogP contribution in [0.4, 0.5) is 8.78 Å². The van der Waals surface area contributed by atoms with Gasteiger partial charge in [-0.3, -0.25) is 4.79 Å². The second kappa shape index (κ2) is 5.12. The number of halogens is 3. The molecule has 0 bridgehead atoms. The van der Waals surface area contributed by atoms with Crippen molar-refractivity contribution in [2.75, 3.05) is 11.9 Å². The fraction of sp³-hybridized carbons (Fsp3) is 0.417. The lowest BCUT2D eigenvalue weighted by atomic mass is 10.1. The summed E-state index contributed by atoms with van der Waals surface area (Å²) in [5.41, 5.74) is -0.183. The minimum Gasteiger partial charge on any atom is -0.335 e. The molecule has 0 saturated carbocycles. The summed E-state index contributed by atoms with van der Waals surface area (Å²) in [6, 6.07) is 3.76. The third-order valence-electron chi connectivity index (χ3n) is 3.00. The molecule has 1 atom stereocenters. The van der Waals surface area contributed by atoms with Crippen LogP contribution in [0.2, 0.25) is 0 Å². The van der Waals surface area contributed by atoms with Crippen molar-refractivity contribution in [3.05, 3.63) is 35.4 Å². The number of hydrogen-bond donors (Lipinski definition) is 0. The second-order valence-electron chi connectivity index (χ2n) is 4.05. The molecule has 1 aliphatic heterocycles. The minimum atomic E-state index is -1.06. The van der Waals surface area contributed by atoms with Crippen LogP contribution in [0.15, 0.2) is 18.2 Å². The zero-order valence-corrected chi connectivity index (χ0v) is 10.7. The molecule has 1 heterocycles. The summed E-state index contributed by atoms with van der Waals surface area (Å²) in [4.78, 5) is 13.7. The van der Waals surface area contributed by atoms with E-state index in [4.69, 9.17) is 0 Å². The summed E-state index contributed by atoms with van der Waals surface area (Å²) in [5.74, 6) is -2.47. The molecule has 1 aliphatic rings. The predicted molar refractivity (Wildman–Crippen MR) is 64.2 cm³/mol. The van der Waals surface area contributed by atoms with Gasteiger partial charge in [0, 0.05) is 17.9 Å². The molecule has 92 valence electrons. The molecule has 5 heteroatoms. The smallest absolute Gasteiger partial charge is 0.257 e. The molecule has 2 rings (SSSR count). The Kier molecular flexibility index (Phi) is 3.76. The molecule has 0 radical (unpaired) electrons. The first-order chi connectivity index (χ1) is 8.15. The summed E-state index contributed by atoms with van der Waals surface area (Å²) in [6.45, 7) is 0.602. The lowest BCUT2D eigenvalue weighted by Gasteiger charge is -2.23. The molecule has 1 aromatic rings. The lowest BCUT2D eigenvalue weighted by molar-refractivity contribution is 0.0744. The van der Waals surface area contributed by atoms with Gasteiger partial charge >= 0.3 is 0 Å². The average molecular weight is 304 g/mol. The van der Waals surface area contributed by atoms with E-state index < -0.39 is 17.5 Å². The summed E-state index contributed by atoms with van der Waals surface area (Å²) in [6.07, 6.45) is 1.80. The normalized spacial score (nSPS) is 19.7. The highest BCUT2D eigenvalue weighted by Gasteiger charge is 2.30. The van der Waals surface area contributed by atoms with Crippen LogP contribution < -0.4 is 0 Å². The largest absolute Gasteiger partial charge is 0.335 e. The maximum atomic E-state index is 13.5. The Labute approximate surface area is 107 Å². The van der Waals surface area contributed by atoms with E-state index >= 15 is 0 Å². The number of amides is 1. The second-order valence-corrected chi connectivity index (χ2v) is 4.70. The number of nitrogens with zero attached hydrogens (tertiary/aromatic N) is 1. The van der Waals surface area contributed by atoms with E-state index in [1.165, 1.54) is 12.1 Å². The van der Waals surface area contributed by atoms with Gasteiger partial charge in [0.15, 0.2) is 11.6 Å². The zero-order valence-electron chi connectivity index (χ0n) is 9.13. The summed E-state index contributed by atoms with van der Waals surface area (Å²) < 4.78 is 26.6. The van der Waals surface area contributed by atoms with Crippen molar-refractivity contribution >= 4 is 21.8 Å². The van der Waals surface area contributed by atoms with Crippen LogP contribution in [0.5, 0.6) is 0 Å². The Bertz CT molecular complexity index is 439. The van der Waals surface area contributed by atoms with E-state index in [0.717, 1.165) is 18.9 Å². The molecular weight excluding hydrogens is 292 g/mol. The van der Waals surface area contributed by atoms with Gasteiger partial charge in [0.1, 0.15) is 0 Å². The number of rotatable bonds is 2. The van der Waals surface area contributed by atoms with Crippen molar-refractivity contribution in [2.24, 2.45) is 0 Å². The summed E-state index contributed by atoms with van der Waals surface area (Å²) >= 11 is 3.33. The highest BCUT2D eigenvalue weighted by molar-refractivity contribution is 9.09. The van der Waals surface area contributed by atoms with Crippen LogP contribution in [0.1, 0.15) is 23.2 Å². The fourth-order valence-electron chi connectivity index (χ4n) is 2.09. The van der Waals surface area contributed by atoms with E-state index in [1.807, 2.05) is 0 Å². The Morgan fingerprint density at radius 2 is 2.24 bits per heavy atom. The SMILES string of the molecule is O=C(c1cccc(F)c1F)N1CCCC1CBr. The van der Waals surface area contributed by atoms with Crippen molar-refractivity contribution in [3.8, 4) is 0 Å².